The van der Waals surface area contributed by atoms with Gasteiger partial charge in [0.1, 0.15) is 11.3 Å². The summed E-state index contributed by atoms with van der Waals surface area (Å²) in [6, 6.07) is 14.8. The highest BCUT2D eigenvalue weighted by molar-refractivity contribution is 9.10. The van der Waals surface area contributed by atoms with Crippen LogP contribution in [-0.4, -0.2) is 20.6 Å². The van der Waals surface area contributed by atoms with Crippen molar-refractivity contribution in [3.8, 4) is 17.0 Å². The highest BCUT2D eigenvalue weighted by atomic mass is 79.9. The number of carbonyl (C=O) groups excluding carboxylic acids is 1. The quantitative estimate of drug-likeness (QED) is 0.296. The van der Waals surface area contributed by atoms with Gasteiger partial charge < -0.3 is 9.67 Å². The minimum atomic E-state index is -0.667. The Morgan fingerprint density at radius 3 is 2.66 bits per heavy atom. The zero-order valence-electron chi connectivity index (χ0n) is 17.5. The number of carbonyl (C=O) groups is 1. The molecule has 0 aliphatic carbocycles. The number of aromatic hydroxyl groups is 1. The molecule has 0 fully saturated rings. The van der Waals surface area contributed by atoms with Crippen LogP contribution in [0.15, 0.2) is 63.2 Å². The molecule has 2 heterocycles. The van der Waals surface area contributed by atoms with Crippen molar-refractivity contribution in [3.05, 3.63) is 74.3 Å². The standard InChI is InChI=1S/C24H22BrN3O3S/c1-2-3-6-13-28-19-8-5-4-7-17(19)21(29)20(23(28)31)22(30)27-24-26-18(14-32-24)15-9-11-16(25)12-10-15/h4-5,7-12,14,29H,2-3,6,13H2,1H3,(H,26,27,30). The second kappa shape index (κ2) is 9.67. The van der Waals surface area contributed by atoms with Gasteiger partial charge in [-0.15, -0.1) is 11.3 Å². The van der Waals surface area contributed by atoms with Crippen LogP contribution in [0.25, 0.3) is 22.2 Å². The SMILES string of the molecule is CCCCCn1c(=O)c(C(=O)Nc2nc(-c3ccc(Br)cc3)cs2)c(O)c2ccccc21. The van der Waals surface area contributed by atoms with Crippen molar-refractivity contribution >= 4 is 49.2 Å². The molecule has 4 rings (SSSR count). The molecule has 0 saturated carbocycles. The van der Waals surface area contributed by atoms with Crippen molar-refractivity contribution in [1.29, 1.82) is 0 Å². The number of hydrogen-bond acceptors (Lipinski definition) is 5. The van der Waals surface area contributed by atoms with Crippen LogP contribution < -0.4 is 10.9 Å². The monoisotopic (exact) mass is 511 g/mol. The zero-order valence-corrected chi connectivity index (χ0v) is 19.9. The first-order chi connectivity index (χ1) is 15.5. The Kier molecular flexibility index (Phi) is 6.72. The molecule has 0 aliphatic rings. The number of amides is 1. The number of hydrogen-bond donors (Lipinski definition) is 2. The van der Waals surface area contributed by atoms with Gasteiger partial charge in [0.15, 0.2) is 5.13 Å². The highest BCUT2D eigenvalue weighted by Crippen LogP contribution is 2.29. The summed E-state index contributed by atoms with van der Waals surface area (Å²) < 4.78 is 2.54. The number of pyridine rings is 1. The van der Waals surface area contributed by atoms with Gasteiger partial charge >= 0.3 is 0 Å². The summed E-state index contributed by atoms with van der Waals surface area (Å²) >= 11 is 4.67. The Morgan fingerprint density at radius 1 is 1.16 bits per heavy atom. The summed E-state index contributed by atoms with van der Waals surface area (Å²) in [4.78, 5) is 30.7. The molecule has 8 heteroatoms. The fourth-order valence-corrected chi connectivity index (χ4v) is 4.56. The molecule has 0 atom stereocenters. The first-order valence-corrected chi connectivity index (χ1v) is 12.0. The maximum Gasteiger partial charge on any atom is 0.267 e. The van der Waals surface area contributed by atoms with Gasteiger partial charge in [0, 0.05) is 27.3 Å². The Morgan fingerprint density at radius 2 is 1.91 bits per heavy atom. The van der Waals surface area contributed by atoms with Crippen LogP contribution >= 0.6 is 27.3 Å². The molecule has 0 radical (unpaired) electrons. The third-order valence-corrected chi connectivity index (χ3v) is 6.51. The normalized spacial score (nSPS) is 11.1. The van der Waals surface area contributed by atoms with E-state index in [9.17, 15) is 14.7 Å². The molecule has 0 unspecified atom stereocenters. The number of para-hydroxylation sites is 1. The molecule has 0 spiro atoms. The Balaban J connectivity index is 1.68. The third kappa shape index (κ3) is 4.47. The lowest BCUT2D eigenvalue weighted by atomic mass is 10.1. The average molecular weight is 512 g/mol. The molecular formula is C24H22BrN3O3S. The molecule has 2 aromatic heterocycles. The van der Waals surface area contributed by atoms with E-state index in [4.69, 9.17) is 0 Å². The second-order valence-electron chi connectivity index (χ2n) is 7.40. The van der Waals surface area contributed by atoms with Crippen LogP contribution in [0.3, 0.4) is 0 Å². The molecular weight excluding hydrogens is 490 g/mol. The number of aryl methyl sites for hydroxylation is 1. The lowest BCUT2D eigenvalue weighted by Gasteiger charge is -2.14. The van der Waals surface area contributed by atoms with Gasteiger partial charge in [0.05, 0.1) is 11.2 Å². The largest absolute Gasteiger partial charge is 0.506 e. The van der Waals surface area contributed by atoms with Crippen molar-refractivity contribution in [2.45, 2.75) is 32.7 Å². The molecule has 32 heavy (non-hydrogen) atoms. The fourth-order valence-electron chi connectivity index (χ4n) is 3.58. The minimum Gasteiger partial charge on any atom is -0.506 e. The third-order valence-electron chi connectivity index (χ3n) is 5.22. The zero-order chi connectivity index (χ0) is 22.7. The van der Waals surface area contributed by atoms with Crippen molar-refractivity contribution in [3.63, 3.8) is 0 Å². The van der Waals surface area contributed by atoms with E-state index in [0.29, 0.717) is 22.6 Å². The maximum absolute atomic E-state index is 13.2. The number of aromatic nitrogens is 2. The van der Waals surface area contributed by atoms with E-state index in [1.807, 2.05) is 35.7 Å². The number of rotatable bonds is 7. The number of anilines is 1. The van der Waals surface area contributed by atoms with Gasteiger partial charge in [-0.1, -0.05) is 60.0 Å². The van der Waals surface area contributed by atoms with Crippen molar-refractivity contribution < 1.29 is 9.90 Å². The summed E-state index contributed by atoms with van der Waals surface area (Å²) in [5, 5.41) is 16.1. The van der Waals surface area contributed by atoms with E-state index < -0.39 is 11.5 Å². The molecule has 0 aliphatic heterocycles. The van der Waals surface area contributed by atoms with Gasteiger partial charge in [-0.25, -0.2) is 4.98 Å². The Labute approximate surface area is 197 Å². The lowest BCUT2D eigenvalue weighted by Crippen LogP contribution is -2.30. The molecule has 6 nitrogen and oxygen atoms in total. The van der Waals surface area contributed by atoms with E-state index in [1.165, 1.54) is 11.3 Å². The van der Waals surface area contributed by atoms with Crippen LogP contribution in [0.5, 0.6) is 5.75 Å². The van der Waals surface area contributed by atoms with Crippen molar-refractivity contribution in [2.24, 2.45) is 0 Å². The topological polar surface area (TPSA) is 84.2 Å². The van der Waals surface area contributed by atoms with E-state index in [2.05, 4.69) is 33.2 Å². The molecule has 2 aromatic carbocycles. The van der Waals surface area contributed by atoms with Crippen LogP contribution in [0, 0.1) is 0 Å². The first-order valence-electron chi connectivity index (χ1n) is 10.4. The number of halogens is 1. The van der Waals surface area contributed by atoms with Gasteiger partial charge in [-0.2, -0.15) is 0 Å². The number of nitrogens with zero attached hydrogens (tertiary/aromatic N) is 2. The van der Waals surface area contributed by atoms with Crippen LogP contribution in [0.2, 0.25) is 0 Å². The summed E-state index contributed by atoms with van der Waals surface area (Å²) in [5.41, 5.74) is 1.49. The molecule has 0 saturated heterocycles. The maximum atomic E-state index is 13.2. The van der Waals surface area contributed by atoms with E-state index in [1.54, 1.807) is 22.8 Å². The second-order valence-corrected chi connectivity index (χ2v) is 9.18. The van der Waals surface area contributed by atoms with E-state index >= 15 is 0 Å². The highest BCUT2D eigenvalue weighted by Gasteiger charge is 2.23. The van der Waals surface area contributed by atoms with E-state index in [-0.39, 0.29) is 11.3 Å². The number of fused-ring (bicyclic) bond motifs is 1. The summed E-state index contributed by atoms with van der Waals surface area (Å²) in [7, 11) is 0. The molecule has 2 N–H and O–H groups in total. The van der Waals surface area contributed by atoms with Gasteiger partial charge in [-0.05, 0) is 30.7 Å². The van der Waals surface area contributed by atoms with Gasteiger partial charge in [-0.3, -0.25) is 14.9 Å². The van der Waals surface area contributed by atoms with Crippen LogP contribution in [0.1, 0.15) is 36.5 Å². The summed E-state index contributed by atoms with van der Waals surface area (Å²) in [5.74, 6) is -0.973. The summed E-state index contributed by atoms with van der Waals surface area (Å²) in [6.07, 6.45) is 2.80. The first kappa shape index (κ1) is 22.2. The van der Waals surface area contributed by atoms with E-state index in [0.717, 1.165) is 35.0 Å². The van der Waals surface area contributed by atoms with Crippen molar-refractivity contribution in [2.75, 3.05) is 5.32 Å². The lowest BCUT2D eigenvalue weighted by molar-refractivity contribution is 0.102. The van der Waals surface area contributed by atoms with Gasteiger partial charge in [0.2, 0.25) is 0 Å². The number of nitrogens with one attached hydrogen (secondary N) is 1. The van der Waals surface area contributed by atoms with Gasteiger partial charge in [0.25, 0.3) is 11.5 Å². The van der Waals surface area contributed by atoms with Crippen LogP contribution in [0.4, 0.5) is 5.13 Å². The van der Waals surface area contributed by atoms with Crippen molar-refractivity contribution in [1.82, 2.24) is 9.55 Å². The number of unbranched alkanes of at least 4 members (excludes halogenated alkanes) is 2. The molecule has 1 amide bonds. The predicted molar refractivity (Wildman–Crippen MR) is 133 cm³/mol. The number of thiazole rings is 1. The Hall–Kier alpha value is -2.97. The van der Waals surface area contributed by atoms with Crippen LogP contribution in [-0.2, 0) is 6.54 Å². The fraction of sp³-hybridized carbons (Fsp3) is 0.208. The predicted octanol–water partition coefficient (Wildman–Crippen LogP) is 6.04. The Bertz CT molecular complexity index is 1330. The minimum absolute atomic E-state index is 0.263. The average Bonchev–Trinajstić information content (AvgIpc) is 3.25. The summed E-state index contributed by atoms with van der Waals surface area (Å²) in [6.45, 7) is 2.58. The molecule has 164 valence electrons. The number of benzene rings is 2. The molecule has 0 bridgehead atoms. The molecule has 4 aromatic rings. The smallest absolute Gasteiger partial charge is 0.267 e.